The molecule has 41 heavy (non-hydrogen) atoms. The predicted octanol–water partition coefficient (Wildman–Crippen LogP) is 1.99. The Hall–Kier alpha value is -4.38. The number of likely N-dealkylation sites (tertiary alicyclic amines) is 1. The molecule has 4 atom stereocenters. The molecule has 2 aliphatic heterocycles. The van der Waals surface area contributed by atoms with Crippen molar-refractivity contribution >= 4 is 22.8 Å². The normalized spacial score (nSPS) is 22.2. The van der Waals surface area contributed by atoms with Crippen molar-refractivity contribution in [2.75, 3.05) is 20.2 Å². The zero-order valence-electron chi connectivity index (χ0n) is 23.2. The van der Waals surface area contributed by atoms with Crippen molar-refractivity contribution in [2.24, 2.45) is 13.0 Å². The topological polar surface area (TPSA) is 127 Å². The zero-order valence-corrected chi connectivity index (χ0v) is 23.2. The van der Waals surface area contributed by atoms with Crippen molar-refractivity contribution in [1.29, 1.82) is 0 Å². The summed E-state index contributed by atoms with van der Waals surface area (Å²) in [5, 5.41) is 14.7. The van der Waals surface area contributed by atoms with Gasteiger partial charge in [0.05, 0.1) is 24.4 Å². The van der Waals surface area contributed by atoms with E-state index in [2.05, 4.69) is 30.9 Å². The third-order valence-electron chi connectivity index (χ3n) is 8.23. The first-order valence-electron chi connectivity index (χ1n) is 14.0. The van der Waals surface area contributed by atoms with Crippen LogP contribution in [0.25, 0.3) is 11.0 Å². The molecule has 2 N–H and O–H groups in total. The van der Waals surface area contributed by atoms with Crippen molar-refractivity contribution in [1.82, 2.24) is 40.5 Å². The van der Waals surface area contributed by atoms with Gasteiger partial charge in [0.15, 0.2) is 0 Å². The van der Waals surface area contributed by atoms with E-state index in [0.29, 0.717) is 32.5 Å². The molecule has 6 rings (SSSR count). The van der Waals surface area contributed by atoms with Crippen molar-refractivity contribution in [3.05, 3.63) is 77.9 Å². The van der Waals surface area contributed by atoms with E-state index in [1.54, 1.807) is 35.3 Å². The molecule has 0 radical (unpaired) electrons. The summed E-state index contributed by atoms with van der Waals surface area (Å²) in [4.78, 5) is 37.8. The van der Waals surface area contributed by atoms with Crippen LogP contribution in [-0.4, -0.2) is 74.0 Å². The Balaban J connectivity index is 1.16. The van der Waals surface area contributed by atoms with Crippen LogP contribution in [0, 0.1) is 5.92 Å². The van der Waals surface area contributed by atoms with Crippen molar-refractivity contribution in [2.45, 2.75) is 43.8 Å². The van der Waals surface area contributed by atoms with Gasteiger partial charge in [0, 0.05) is 51.2 Å². The highest BCUT2D eigenvalue weighted by Crippen LogP contribution is 2.31. The first kappa shape index (κ1) is 26.8. The van der Waals surface area contributed by atoms with Gasteiger partial charge in [-0.15, -0.1) is 5.10 Å². The number of carbonyl (C=O) groups is 2. The lowest BCUT2D eigenvalue weighted by molar-refractivity contribution is -0.139. The molecule has 11 heteroatoms. The first-order chi connectivity index (χ1) is 20.0. The Kier molecular flexibility index (Phi) is 7.60. The molecule has 2 amide bonds. The first-order valence-corrected chi connectivity index (χ1v) is 14.0. The van der Waals surface area contributed by atoms with Crippen LogP contribution < -0.4 is 15.4 Å². The van der Waals surface area contributed by atoms with Gasteiger partial charge in [-0.3, -0.25) is 19.6 Å². The van der Waals surface area contributed by atoms with Crippen LogP contribution in [0.3, 0.4) is 0 Å². The standard InChI is InChI=1S/C30H34N8O3/c1-37-27-8-5-20(12-24(27)35-36-37)15-34-29(39)28-13-21(11-19-3-6-23(41-2)7-4-19)18-38(28)30(40)25-14-22(16-33-25)26-17-31-9-10-32-26/h3-10,12,17,21-22,25,28,33H,11,13-16,18H2,1-2H3,(H,34,39)/t21-,22?,25-,28+/m1/s1. The molecule has 2 aromatic carbocycles. The number of aryl methyl sites for hydroxylation is 1. The highest BCUT2D eigenvalue weighted by Gasteiger charge is 2.43. The minimum absolute atomic E-state index is 0.0326. The van der Waals surface area contributed by atoms with Gasteiger partial charge in [0.2, 0.25) is 11.8 Å². The highest BCUT2D eigenvalue weighted by molar-refractivity contribution is 5.90. The number of benzene rings is 2. The lowest BCUT2D eigenvalue weighted by atomic mass is 9.96. The van der Waals surface area contributed by atoms with Crippen LogP contribution in [-0.2, 0) is 29.6 Å². The van der Waals surface area contributed by atoms with Gasteiger partial charge < -0.3 is 20.3 Å². The van der Waals surface area contributed by atoms with E-state index >= 15 is 0 Å². The maximum Gasteiger partial charge on any atom is 0.243 e. The monoisotopic (exact) mass is 554 g/mol. The Morgan fingerprint density at radius 2 is 1.93 bits per heavy atom. The third kappa shape index (κ3) is 5.76. The molecule has 212 valence electrons. The number of amides is 2. The average Bonchev–Trinajstić information content (AvgIpc) is 3.76. The summed E-state index contributed by atoms with van der Waals surface area (Å²) in [5.74, 6) is 0.904. The summed E-state index contributed by atoms with van der Waals surface area (Å²) in [6, 6.07) is 12.9. The van der Waals surface area contributed by atoms with Gasteiger partial charge in [-0.05, 0) is 60.6 Å². The molecular formula is C30H34N8O3. The second kappa shape index (κ2) is 11.6. The number of fused-ring (bicyclic) bond motifs is 1. The van der Waals surface area contributed by atoms with Crippen molar-refractivity contribution in [3.8, 4) is 5.75 Å². The maximum absolute atomic E-state index is 13.9. The fourth-order valence-corrected chi connectivity index (χ4v) is 6.03. The lowest BCUT2D eigenvalue weighted by Crippen LogP contribution is -2.51. The Morgan fingerprint density at radius 1 is 1.10 bits per heavy atom. The number of hydrogen-bond acceptors (Lipinski definition) is 8. The number of carbonyl (C=O) groups excluding carboxylic acids is 2. The largest absolute Gasteiger partial charge is 0.497 e. The van der Waals surface area contributed by atoms with E-state index in [-0.39, 0.29) is 29.7 Å². The summed E-state index contributed by atoms with van der Waals surface area (Å²) in [6.07, 6.45) is 7.10. The second-order valence-electron chi connectivity index (χ2n) is 10.9. The number of methoxy groups -OCH3 is 1. The molecule has 0 bridgehead atoms. The molecule has 2 saturated heterocycles. The van der Waals surface area contributed by atoms with Crippen LogP contribution >= 0.6 is 0 Å². The molecule has 4 aromatic rings. The van der Waals surface area contributed by atoms with Crippen LogP contribution in [0.5, 0.6) is 5.75 Å². The zero-order chi connectivity index (χ0) is 28.3. The fraction of sp³-hybridized carbons (Fsp3) is 0.400. The van der Waals surface area contributed by atoms with E-state index in [4.69, 9.17) is 4.74 Å². The molecular weight excluding hydrogens is 520 g/mol. The minimum atomic E-state index is -0.539. The molecule has 11 nitrogen and oxygen atoms in total. The van der Waals surface area contributed by atoms with Crippen molar-refractivity contribution < 1.29 is 14.3 Å². The minimum Gasteiger partial charge on any atom is -0.497 e. The molecule has 2 fully saturated rings. The third-order valence-corrected chi connectivity index (χ3v) is 8.23. The SMILES string of the molecule is COc1ccc(C[C@@H]2C[C@@H](C(=O)NCc3ccc4c(c3)nnn4C)N(C(=O)[C@H]3CC(c4cnccn4)CN3)C2)cc1. The van der Waals surface area contributed by atoms with Crippen LogP contribution in [0.15, 0.2) is 61.1 Å². The summed E-state index contributed by atoms with van der Waals surface area (Å²) >= 11 is 0. The number of nitrogens with one attached hydrogen (secondary N) is 2. The van der Waals surface area contributed by atoms with E-state index in [1.165, 1.54) is 0 Å². The Bertz CT molecular complexity index is 1520. The molecule has 0 aliphatic carbocycles. The summed E-state index contributed by atoms with van der Waals surface area (Å²) in [5.41, 5.74) is 4.67. The van der Waals surface area contributed by atoms with Gasteiger partial charge in [-0.25, -0.2) is 4.68 Å². The molecule has 4 heterocycles. The molecule has 0 saturated carbocycles. The molecule has 2 aliphatic rings. The van der Waals surface area contributed by atoms with Gasteiger partial charge in [-0.2, -0.15) is 0 Å². The van der Waals surface area contributed by atoms with Gasteiger partial charge >= 0.3 is 0 Å². The number of aromatic nitrogens is 5. The van der Waals surface area contributed by atoms with Crippen LogP contribution in [0.1, 0.15) is 35.6 Å². The van der Waals surface area contributed by atoms with Crippen LogP contribution in [0.4, 0.5) is 0 Å². The molecule has 1 unspecified atom stereocenters. The van der Waals surface area contributed by atoms with Gasteiger partial charge in [0.25, 0.3) is 0 Å². The van der Waals surface area contributed by atoms with E-state index in [0.717, 1.165) is 40.0 Å². The van der Waals surface area contributed by atoms with Gasteiger partial charge in [0.1, 0.15) is 17.3 Å². The van der Waals surface area contributed by atoms with E-state index in [1.807, 2.05) is 49.5 Å². The maximum atomic E-state index is 13.9. The van der Waals surface area contributed by atoms with Crippen LogP contribution in [0.2, 0.25) is 0 Å². The number of rotatable bonds is 8. The lowest BCUT2D eigenvalue weighted by Gasteiger charge is -2.27. The summed E-state index contributed by atoms with van der Waals surface area (Å²) in [7, 11) is 3.50. The van der Waals surface area contributed by atoms with Crippen molar-refractivity contribution in [3.63, 3.8) is 0 Å². The smallest absolute Gasteiger partial charge is 0.243 e. The predicted molar refractivity (Wildman–Crippen MR) is 152 cm³/mol. The Labute approximate surface area is 238 Å². The second-order valence-corrected chi connectivity index (χ2v) is 10.9. The highest BCUT2D eigenvalue weighted by atomic mass is 16.5. The van der Waals surface area contributed by atoms with Gasteiger partial charge in [-0.1, -0.05) is 23.4 Å². The summed E-state index contributed by atoms with van der Waals surface area (Å²) in [6.45, 7) is 1.53. The average molecular weight is 555 g/mol. The van der Waals surface area contributed by atoms with E-state index in [9.17, 15) is 9.59 Å². The number of nitrogens with zero attached hydrogens (tertiary/aromatic N) is 6. The number of ether oxygens (including phenoxy) is 1. The molecule has 2 aromatic heterocycles. The van der Waals surface area contributed by atoms with E-state index < -0.39 is 6.04 Å². The number of hydrogen-bond donors (Lipinski definition) is 2. The quantitative estimate of drug-likeness (QED) is 0.339. The summed E-state index contributed by atoms with van der Waals surface area (Å²) < 4.78 is 7.01. The fourth-order valence-electron chi connectivity index (χ4n) is 6.03. The molecule has 0 spiro atoms. The Morgan fingerprint density at radius 3 is 2.71 bits per heavy atom.